The highest BCUT2D eigenvalue weighted by Crippen LogP contribution is 2.42. The third-order valence-electron chi connectivity index (χ3n) is 3.24. The molecular formula is C14H12ClNO3. The Balaban J connectivity index is 2.12. The lowest BCUT2D eigenvalue weighted by atomic mass is 10.1. The zero-order valence-corrected chi connectivity index (χ0v) is 11.1. The topological polar surface area (TPSA) is 63.3 Å². The van der Waals surface area contributed by atoms with Crippen LogP contribution in [0.25, 0.3) is 11.5 Å². The minimum absolute atomic E-state index is 0.0446. The number of carbonyl (C=O) groups is 1. The number of hydrogen-bond acceptors (Lipinski definition) is 3. The summed E-state index contributed by atoms with van der Waals surface area (Å²) in [5, 5.41) is 9.74. The van der Waals surface area contributed by atoms with Gasteiger partial charge in [-0.05, 0) is 37.5 Å². The van der Waals surface area contributed by atoms with Crippen molar-refractivity contribution in [2.75, 3.05) is 0 Å². The Kier molecular flexibility index (Phi) is 2.82. The van der Waals surface area contributed by atoms with Crippen LogP contribution in [0.4, 0.5) is 0 Å². The van der Waals surface area contributed by atoms with E-state index in [4.69, 9.17) is 21.1 Å². The molecule has 3 rings (SSSR count). The molecule has 0 unspecified atom stereocenters. The lowest BCUT2D eigenvalue weighted by molar-refractivity contribution is 0.0661. The van der Waals surface area contributed by atoms with E-state index in [1.54, 1.807) is 12.1 Å². The minimum atomic E-state index is -1.07. The van der Waals surface area contributed by atoms with Crippen LogP contribution in [-0.2, 0) is 0 Å². The zero-order valence-electron chi connectivity index (χ0n) is 10.3. The monoisotopic (exact) mass is 277 g/mol. The Hall–Kier alpha value is -1.81. The zero-order chi connectivity index (χ0) is 13.6. The van der Waals surface area contributed by atoms with Gasteiger partial charge in [0.15, 0.2) is 0 Å². The van der Waals surface area contributed by atoms with Gasteiger partial charge in [-0.1, -0.05) is 17.7 Å². The van der Waals surface area contributed by atoms with E-state index in [-0.39, 0.29) is 11.7 Å². The van der Waals surface area contributed by atoms with E-state index in [2.05, 4.69) is 4.98 Å². The predicted octanol–water partition coefficient (Wildman–Crippen LogP) is 3.88. The van der Waals surface area contributed by atoms with E-state index in [1.165, 1.54) is 0 Å². The molecule has 0 atom stereocenters. The van der Waals surface area contributed by atoms with Crippen molar-refractivity contribution in [1.82, 2.24) is 4.98 Å². The first-order valence-electron chi connectivity index (χ1n) is 6.07. The standard InChI is InChI=1S/C14H12ClNO3/c1-7-2-5-9(15)6-10(7)13-16-11(8-3-4-8)12(19-13)14(17)18/h2,5-6,8H,3-4H2,1H3,(H,17,18). The van der Waals surface area contributed by atoms with Crippen molar-refractivity contribution in [1.29, 1.82) is 0 Å². The van der Waals surface area contributed by atoms with Crippen molar-refractivity contribution >= 4 is 17.6 Å². The first-order chi connectivity index (χ1) is 9.06. The number of aromatic nitrogens is 1. The van der Waals surface area contributed by atoms with Gasteiger partial charge >= 0.3 is 5.97 Å². The highest BCUT2D eigenvalue weighted by atomic mass is 35.5. The fourth-order valence-corrected chi connectivity index (χ4v) is 2.23. The lowest BCUT2D eigenvalue weighted by Crippen LogP contribution is -1.98. The fraction of sp³-hybridized carbons (Fsp3) is 0.286. The number of rotatable bonds is 3. The molecule has 1 aromatic heterocycles. The molecule has 0 spiro atoms. The first kappa shape index (κ1) is 12.2. The van der Waals surface area contributed by atoms with E-state index >= 15 is 0 Å². The quantitative estimate of drug-likeness (QED) is 0.925. The van der Waals surface area contributed by atoms with Crippen molar-refractivity contribution < 1.29 is 14.3 Å². The van der Waals surface area contributed by atoms with Crippen LogP contribution in [-0.4, -0.2) is 16.1 Å². The molecule has 1 heterocycles. The molecule has 0 aliphatic heterocycles. The maximum atomic E-state index is 11.2. The van der Waals surface area contributed by atoms with E-state index in [0.29, 0.717) is 16.6 Å². The molecule has 4 nitrogen and oxygen atoms in total. The van der Waals surface area contributed by atoms with E-state index < -0.39 is 5.97 Å². The molecule has 1 fully saturated rings. The van der Waals surface area contributed by atoms with Crippen LogP contribution in [0.3, 0.4) is 0 Å². The number of nitrogens with zero attached hydrogens (tertiary/aromatic N) is 1. The number of benzene rings is 1. The van der Waals surface area contributed by atoms with Crippen LogP contribution in [0.5, 0.6) is 0 Å². The highest BCUT2D eigenvalue weighted by Gasteiger charge is 2.33. The van der Waals surface area contributed by atoms with Crippen molar-refractivity contribution in [2.24, 2.45) is 0 Å². The fourth-order valence-electron chi connectivity index (χ4n) is 2.06. The average molecular weight is 278 g/mol. The van der Waals surface area contributed by atoms with Gasteiger partial charge in [0.05, 0.1) is 5.69 Å². The van der Waals surface area contributed by atoms with Gasteiger partial charge in [0.1, 0.15) is 0 Å². The Bertz CT molecular complexity index is 659. The van der Waals surface area contributed by atoms with Crippen molar-refractivity contribution in [2.45, 2.75) is 25.7 Å². The van der Waals surface area contributed by atoms with E-state index in [9.17, 15) is 4.79 Å². The third-order valence-corrected chi connectivity index (χ3v) is 3.48. The summed E-state index contributed by atoms with van der Waals surface area (Å²) in [4.78, 5) is 15.6. The Morgan fingerprint density at radius 1 is 1.47 bits per heavy atom. The molecule has 0 saturated heterocycles. The molecule has 98 valence electrons. The van der Waals surface area contributed by atoms with E-state index in [1.807, 2.05) is 13.0 Å². The molecule has 1 saturated carbocycles. The van der Waals surface area contributed by atoms with Gasteiger partial charge < -0.3 is 9.52 Å². The van der Waals surface area contributed by atoms with Crippen molar-refractivity contribution in [3.63, 3.8) is 0 Å². The number of halogens is 1. The van der Waals surface area contributed by atoms with Crippen LogP contribution in [0.15, 0.2) is 22.6 Å². The van der Waals surface area contributed by atoms with Crippen molar-refractivity contribution in [3.05, 3.63) is 40.2 Å². The number of oxazole rings is 1. The molecule has 0 radical (unpaired) electrons. The lowest BCUT2D eigenvalue weighted by Gasteiger charge is -2.01. The molecular weight excluding hydrogens is 266 g/mol. The second-order valence-electron chi connectivity index (χ2n) is 4.77. The van der Waals surface area contributed by atoms with Gasteiger partial charge in [-0.3, -0.25) is 0 Å². The second-order valence-corrected chi connectivity index (χ2v) is 5.21. The summed E-state index contributed by atoms with van der Waals surface area (Å²) in [5.41, 5.74) is 2.24. The first-order valence-corrected chi connectivity index (χ1v) is 6.44. The normalized spacial score (nSPS) is 14.6. The van der Waals surface area contributed by atoms with Gasteiger partial charge in [0.2, 0.25) is 11.7 Å². The maximum Gasteiger partial charge on any atom is 0.373 e. The second kappa shape index (κ2) is 4.38. The number of carboxylic acids is 1. The molecule has 5 heteroatoms. The summed E-state index contributed by atoms with van der Waals surface area (Å²) < 4.78 is 5.43. The minimum Gasteiger partial charge on any atom is -0.475 e. The average Bonchev–Trinajstić information content (AvgIpc) is 3.11. The van der Waals surface area contributed by atoms with Crippen LogP contribution >= 0.6 is 11.6 Å². The van der Waals surface area contributed by atoms with Crippen LogP contribution < -0.4 is 0 Å². The summed E-state index contributed by atoms with van der Waals surface area (Å²) >= 11 is 5.96. The van der Waals surface area contributed by atoms with Gasteiger partial charge in [0.25, 0.3) is 0 Å². The van der Waals surface area contributed by atoms with E-state index in [0.717, 1.165) is 24.0 Å². The molecule has 1 aliphatic rings. The molecule has 0 bridgehead atoms. The summed E-state index contributed by atoms with van der Waals surface area (Å²) in [6.45, 7) is 1.91. The summed E-state index contributed by atoms with van der Waals surface area (Å²) in [7, 11) is 0. The Morgan fingerprint density at radius 3 is 2.84 bits per heavy atom. The Labute approximate surface area is 115 Å². The molecule has 2 aromatic rings. The third kappa shape index (κ3) is 2.24. The smallest absolute Gasteiger partial charge is 0.373 e. The number of carboxylic acid groups (broad SMARTS) is 1. The van der Waals surface area contributed by atoms with Gasteiger partial charge in [-0.2, -0.15) is 0 Å². The molecule has 1 N–H and O–H groups in total. The molecule has 19 heavy (non-hydrogen) atoms. The van der Waals surface area contributed by atoms with Gasteiger partial charge in [0, 0.05) is 16.5 Å². The summed E-state index contributed by atoms with van der Waals surface area (Å²) in [6.07, 6.45) is 1.95. The number of aromatic carboxylic acids is 1. The molecule has 1 aromatic carbocycles. The van der Waals surface area contributed by atoms with Crippen LogP contribution in [0.1, 0.15) is 40.6 Å². The maximum absolute atomic E-state index is 11.2. The Morgan fingerprint density at radius 2 is 2.21 bits per heavy atom. The van der Waals surface area contributed by atoms with Gasteiger partial charge in [-0.15, -0.1) is 0 Å². The molecule has 1 aliphatic carbocycles. The van der Waals surface area contributed by atoms with Gasteiger partial charge in [-0.25, -0.2) is 9.78 Å². The molecule has 0 amide bonds. The predicted molar refractivity (Wildman–Crippen MR) is 70.6 cm³/mol. The summed E-state index contributed by atoms with van der Waals surface area (Å²) in [6, 6.07) is 5.38. The number of hydrogen-bond donors (Lipinski definition) is 1. The summed E-state index contributed by atoms with van der Waals surface area (Å²) in [5.74, 6) is -0.556. The van der Waals surface area contributed by atoms with Crippen LogP contribution in [0, 0.1) is 6.92 Å². The highest BCUT2D eigenvalue weighted by molar-refractivity contribution is 6.30. The largest absolute Gasteiger partial charge is 0.475 e. The van der Waals surface area contributed by atoms with Crippen molar-refractivity contribution in [3.8, 4) is 11.5 Å². The number of aryl methyl sites for hydroxylation is 1. The SMILES string of the molecule is Cc1ccc(Cl)cc1-c1nc(C2CC2)c(C(=O)O)o1. The van der Waals surface area contributed by atoms with Crippen LogP contribution in [0.2, 0.25) is 5.02 Å².